The van der Waals surface area contributed by atoms with E-state index in [1.807, 2.05) is 30.3 Å². The molecule has 6 N–H and O–H groups in total. The van der Waals surface area contributed by atoms with Crippen LogP contribution in [0, 0.1) is 0 Å². The Balaban J connectivity index is 1.87. The maximum atomic E-state index is 10.8. The highest BCUT2D eigenvalue weighted by molar-refractivity contribution is 6.13. The fraction of sp³-hybridized carbons (Fsp3) is 0.304. The second kappa shape index (κ2) is 9.39. The second-order valence-corrected chi connectivity index (χ2v) is 7.13. The Morgan fingerprint density at radius 2 is 1.83 bits per heavy atom. The van der Waals surface area contributed by atoms with Gasteiger partial charge in [0, 0.05) is 19.2 Å². The number of aliphatic hydroxyl groups excluding tert-OH is 1. The molecule has 152 valence electrons. The molecule has 6 nitrogen and oxygen atoms in total. The Labute approximate surface area is 171 Å². The van der Waals surface area contributed by atoms with Crippen LogP contribution in [-0.4, -0.2) is 27.8 Å². The van der Waals surface area contributed by atoms with Gasteiger partial charge >= 0.3 is 0 Å². The molecule has 29 heavy (non-hydrogen) atoms. The van der Waals surface area contributed by atoms with Crippen LogP contribution in [-0.2, 0) is 13.0 Å². The van der Waals surface area contributed by atoms with Crippen molar-refractivity contribution in [1.29, 1.82) is 0 Å². The average molecular weight is 392 g/mol. The van der Waals surface area contributed by atoms with E-state index in [2.05, 4.69) is 34.0 Å². The molecule has 1 heterocycles. The van der Waals surface area contributed by atoms with Crippen molar-refractivity contribution in [3.8, 4) is 0 Å². The summed E-state index contributed by atoms with van der Waals surface area (Å²) in [5.41, 5.74) is 17.2. The second-order valence-electron chi connectivity index (χ2n) is 7.13. The molecule has 0 aliphatic heterocycles. The Morgan fingerprint density at radius 1 is 1.10 bits per heavy atom. The highest BCUT2D eigenvalue weighted by Crippen LogP contribution is 2.20. The van der Waals surface area contributed by atoms with Crippen molar-refractivity contribution in [2.45, 2.75) is 39.2 Å². The summed E-state index contributed by atoms with van der Waals surface area (Å²) in [6.45, 7) is 2.65. The molecule has 3 aromatic rings. The number of fused-ring (bicyclic) bond motifs is 1. The number of hydrogen-bond acceptors (Lipinski definition) is 5. The lowest BCUT2D eigenvalue weighted by Crippen LogP contribution is -2.13. The molecule has 3 rings (SSSR count). The maximum absolute atomic E-state index is 10.8. The maximum Gasteiger partial charge on any atom is 0.168 e. The summed E-state index contributed by atoms with van der Waals surface area (Å²) in [6.07, 6.45) is 4.66. The number of H-pyrrole nitrogens is 1. The molecule has 0 saturated heterocycles. The van der Waals surface area contributed by atoms with Crippen LogP contribution < -0.4 is 11.5 Å². The molecule has 0 fully saturated rings. The lowest BCUT2D eigenvalue weighted by atomic mass is 10.0. The number of allylic oxidation sites excluding steroid dienone is 1. The lowest BCUT2D eigenvalue weighted by molar-refractivity contribution is 0.444. The number of imidazole rings is 1. The molecule has 6 heteroatoms. The number of nitrogens with one attached hydrogen (secondary N) is 1. The van der Waals surface area contributed by atoms with Gasteiger partial charge in [-0.25, -0.2) is 4.98 Å². The van der Waals surface area contributed by atoms with Crippen LogP contribution in [0.25, 0.3) is 16.7 Å². The summed E-state index contributed by atoms with van der Waals surface area (Å²) in [5.74, 6) is 0.373. The smallest absolute Gasteiger partial charge is 0.168 e. The Morgan fingerprint density at radius 3 is 2.48 bits per heavy atom. The molecule has 0 atom stereocenters. The van der Waals surface area contributed by atoms with Crippen LogP contribution in [0.2, 0.25) is 0 Å². The van der Waals surface area contributed by atoms with Gasteiger partial charge in [-0.3, -0.25) is 4.99 Å². The van der Waals surface area contributed by atoms with Gasteiger partial charge in [0.25, 0.3) is 0 Å². The summed E-state index contributed by atoms with van der Waals surface area (Å²) >= 11 is 0. The van der Waals surface area contributed by atoms with E-state index >= 15 is 0 Å². The zero-order chi connectivity index (χ0) is 20.8. The van der Waals surface area contributed by atoms with E-state index in [0.29, 0.717) is 18.1 Å². The van der Waals surface area contributed by atoms with Crippen LogP contribution >= 0.6 is 0 Å². The first-order chi connectivity index (χ1) is 14.1. The largest absolute Gasteiger partial charge is 0.504 e. The number of nitrogens with two attached hydrogens (primary N) is 2. The van der Waals surface area contributed by atoms with Crippen molar-refractivity contribution in [1.82, 2.24) is 9.97 Å². The van der Waals surface area contributed by atoms with Crippen molar-refractivity contribution >= 4 is 22.4 Å². The van der Waals surface area contributed by atoms with Gasteiger partial charge < -0.3 is 21.6 Å². The molecule has 0 amide bonds. The van der Waals surface area contributed by atoms with Crippen molar-refractivity contribution in [3.63, 3.8) is 0 Å². The molecule has 0 radical (unpaired) electrons. The third-order valence-electron chi connectivity index (χ3n) is 5.04. The van der Waals surface area contributed by atoms with E-state index in [-0.39, 0.29) is 11.5 Å². The number of nitrogens with zero attached hydrogens (tertiary/aromatic N) is 2. The molecule has 0 aliphatic carbocycles. The minimum atomic E-state index is -0.0932. The molecular formula is C23H29N5O. The number of aryl methyl sites for hydroxylation is 1. The van der Waals surface area contributed by atoms with Crippen LogP contribution in [0.5, 0.6) is 0 Å². The van der Waals surface area contributed by atoms with Crippen molar-refractivity contribution in [3.05, 3.63) is 70.7 Å². The number of aliphatic imine (C=N–C) groups is 1. The van der Waals surface area contributed by atoms with E-state index in [0.717, 1.165) is 28.6 Å². The van der Waals surface area contributed by atoms with Gasteiger partial charge in [0.15, 0.2) is 11.6 Å². The standard InChI is InChI=1S/C23H29N5O/c1-3-4-5-6-15-7-10-17(11-8-15)20(25)22(29)21(26-2)23-27-18-12-9-16(14-24)13-19(18)28-23/h7-13,29H,3-6,14,24-25H2,1-2H3,(H,27,28). The quantitative estimate of drug-likeness (QED) is 0.263. The van der Waals surface area contributed by atoms with Gasteiger partial charge in [0.05, 0.1) is 16.7 Å². The highest BCUT2D eigenvalue weighted by atomic mass is 16.3. The minimum Gasteiger partial charge on any atom is -0.504 e. The van der Waals surface area contributed by atoms with Gasteiger partial charge in [0.2, 0.25) is 0 Å². The fourth-order valence-corrected chi connectivity index (χ4v) is 3.31. The molecule has 2 aromatic carbocycles. The van der Waals surface area contributed by atoms with E-state index in [1.165, 1.54) is 24.8 Å². The summed E-state index contributed by atoms with van der Waals surface area (Å²) in [7, 11) is 1.61. The van der Waals surface area contributed by atoms with Crippen LogP contribution in [0.15, 0.2) is 53.2 Å². The van der Waals surface area contributed by atoms with Crippen molar-refractivity contribution < 1.29 is 5.11 Å². The average Bonchev–Trinajstić information content (AvgIpc) is 3.17. The number of aliphatic hydroxyl groups is 1. The SMILES string of the molecule is CCCCCc1ccc(C(N)=C(O)C(=NC)c2nc3ccc(CN)cc3[nH]2)cc1. The Hall–Kier alpha value is -3.12. The van der Waals surface area contributed by atoms with Crippen molar-refractivity contribution in [2.75, 3.05) is 7.05 Å². The third kappa shape index (κ3) is 4.66. The highest BCUT2D eigenvalue weighted by Gasteiger charge is 2.17. The predicted molar refractivity (Wildman–Crippen MR) is 120 cm³/mol. The molecule has 1 aromatic heterocycles. The van der Waals surface area contributed by atoms with E-state index in [9.17, 15) is 5.11 Å². The van der Waals surface area contributed by atoms with E-state index in [1.54, 1.807) is 7.05 Å². The molecule has 0 bridgehead atoms. The molecule has 0 spiro atoms. The van der Waals surface area contributed by atoms with E-state index in [4.69, 9.17) is 11.5 Å². The lowest BCUT2D eigenvalue weighted by Gasteiger charge is -2.09. The van der Waals surface area contributed by atoms with Gasteiger partial charge in [-0.15, -0.1) is 0 Å². The fourth-order valence-electron chi connectivity index (χ4n) is 3.31. The minimum absolute atomic E-state index is 0.0932. The molecule has 0 aliphatic rings. The zero-order valence-corrected chi connectivity index (χ0v) is 17.1. The predicted octanol–water partition coefficient (Wildman–Crippen LogP) is 4.06. The summed E-state index contributed by atoms with van der Waals surface area (Å²) in [6, 6.07) is 13.8. The number of aromatic nitrogens is 2. The van der Waals surface area contributed by atoms with Crippen LogP contribution in [0.4, 0.5) is 0 Å². The topological polar surface area (TPSA) is 113 Å². The number of rotatable bonds is 8. The summed E-state index contributed by atoms with van der Waals surface area (Å²) in [5, 5.41) is 10.8. The number of unbranched alkanes of at least 4 members (excludes halogenated alkanes) is 2. The molecule has 0 unspecified atom stereocenters. The first-order valence-electron chi connectivity index (χ1n) is 10.0. The monoisotopic (exact) mass is 391 g/mol. The summed E-state index contributed by atoms with van der Waals surface area (Å²) in [4.78, 5) is 12.0. The third-order valence-corrected chi connectivity index (χ3v) is 5.04. The van der Waals surface area contributed by atoms with Gasteiger partial charge in [-0.05, 0) is 36.1 Å². The normalized spacial score (nSPS) is 13.0. The van der Waals surface area contributed by atoms with E-state index < -0.39 is 0 Å². The first-order valence-corrected chi connectivity index (χ1v) is 10.0. The Bertz CT molecular complexity index is 1030. The Kier molecular flexibility index (Phi) is 6.67. The van der Waals surface area contributed by atoms with Crippen LogP contribution in [0.3, 0.4) is 0 Å². The van der Waals surface area contributed by atoms with Gasteiger partial charge in [0.1, 0.15) is 5.71 Å². The summed E-state index contributed by atoms with van der Waals surface area (Å²) < 4.78 is 0. The molecular weight excluding hydrogens is 362 g/mol. The number of benzene rings is 2. The van der Waals surface area contributed by atoms with Crippen molar-refractivity contribution in [2.24, 2.45) is 16.5 Å². The number of aromatic amines is 1. The first kappa shape index (κ1) is 20.6. The number of hydrogen-bond donors (Lipinski definition) is 4. The van der Waals surface area contributed by atoms with Gasteiger partial charge in [-0.2, -0.15) is 0 Å². The molecule has 0 saturated carbocycles. The van der Waals surface area contributed by atoms with Gasteiger partial charge in [-0.1, -0.05) is 50.1 Å². The van der Waals surface area contributed by atoms with Crippen LogP contribution in [0.1, 0.15) is 48.7 Å². The zero-order valence-electron chi connectivity index (χ0n) is 17.1.